The minimum absolute atomic E-state index is 0.899. The van der Waals surface area contributed by atoms with E-state index in [4.69, 9.17) is 0 Å². The van der Waals surface area contributed by atoms with Crippen LogP contribution < -0.4 is 0 Å². The lowest BCUT2D eigenvalue weighted by atomic mass is 9.96. The monoisotopic (exact) mass is 176 g/mol. The molecule has 0 radical (unpaired) electrons. The standard InChI is InChI=1S/C12H16O/c1-4-10-6-9(3)7-11(5-2)12(10)8-13/h6-8H,4-5H2,1-3H3. The third-order valence-corrected chi connectivity index (χ3v) is 2.38. The van der Waals surface area contributed by atoms with Crippen LogP contribution >= 0.6 is 0 Å². The highest BCUT2D eigenvalue weighted by molar-refractivity contribution is 5.80. The summed E-state index contributed by atoms with van der Waals surface area (Å²) in [5.74, 6) is 0. The number of carbonyl (C=O) groups excluding carboxylic acids is 1. The maximum Gasteiger partial charge on any atom is 0.150 e. The summed E-state index contributed by atoms with van der Waals surface area (Å²) < 4.78 is 0. The highest BCUT2D eigenvalue weighted by Gasteiger charge is 2.05. The van der Waals surface area contributed by atoms with Gasteiger partial charge in [0.05, 0.1) is 0 Å². The highest BCUT2D eigenvalue weighted by atomic mass is 16.1. The Balaban J connectivity index is 3.33. The van der Waals surface area contributed by atoms with Gasteiger partial charge in [-0.3, -0.25) is 4.79 Å². The van der Waals surface area contributed by atoms with E-state index in [1.54, 1.807) is 0 Å². The van der Waals surface area contributed by atoms with Crippen LogP contribution in [0.2, 0.25) is 0 Å². The highest BCUT2D eigenvalue weighted by Crippen LogP contribution is 2.17. The number of hydrogen-bond donors (Lipinski definition) is 0. The lowest BCUT2D eigenvalue weighted by Gasteiger charge is -2.08. The van der Waals surface area contributed by atoms with Crippen molar-refractivity contribution in [3.05, 3.63) is 34.4 Å². The smallest absolute Gasteiger partial charge is 0.150 e. The SMILES string of the molecule is CCc1cc(C)cc(CC)c1C=O. The lowest BCUT2D eigenvalue weighted by Crippen LogP contribution is -1.98. The molecule has 0 fully saturated rings. The van der Waals surface area contributed by atoms with Gasteiger partial charge >= 0.3 is 0 Å². The van der Waals surface area contributed by atoms with E-state index in [9.17, 15) is 4.79 Å². The molecule has 13 heavy (non-hydrogen) atoms. The van der Waals surface area contributed by atoms with E-state index >= 15 is 0 Å². The molecule has 0 aliphatic carbocycles. The molecule has 1 nitrogen and oxygen atoms in total. The first-order valence-corrected chi connectivity index (χ1v) is 4.80. The van der Waals surface area contributed by atoms with Crippen LogP contribution in [0.5, 0.6) is 0 Å². The van der Waals surface area contributed by atoms with Crippen molar-refractivity contribution in [1.29, 1.82) is 0 Å². The fraction of sp³-hybridized carbons (Fsp3) is 0.417. The molecule has 0 atom stereocenters. The van der Waals surface area contributed by atoms with Crippen molar-refractivity contribution in [3.8, 4) is 0 Å². The Hall–Kier alpha value is -1.11. The van der Waals surface area contributed by atoms with E-state index in [0.29, 0.717) is 0 Å². The summed E-state index contributed by atoms with van der Waals surface area (Å²) in [4.78, 5) is 10.9. The molecule has 1 aromatic rings. The maximum absolute atomic E-state index is 10.9. The van der Waals surface area contributed by atoms with Crippen molar-refractivity contribution < 1.29 is 4.79 Å². The fourth-order valence-corrected chi connectivity index (χ4v) is 1.69. The van der Waals surface area contributed by atoms with Gasteiger partial charge in [-0.25, -0.2) is 0 Å². The number of rotatable bonds is 3. The normalized spacial score (nSPS) is 10.1. The summed E-state index contributed by atoms with van der Waals surface area (Å²) in [5.41, 5.74) is 4.49. The molecule has 0 aromatic heterocycles. The van der Waals surface area contributed by atoms with Gasteiger partial charge in [-0.1, -0.05) is 31.5 Å². The summed E-state index contributed by atoms with van der Waals surface area (Å²) >= 11 is 0. The molecule has 1 heteroatoms. The first-order valence-electron chi connectivity index (χ1n) is 4.80. The number of hydrogen-bond acceptors (Lipinski definition) is 1. The molecule has 0 unspecified atom stereocenters. The van der Waals surface area contributed by atoms with Gasteiger partial charge in [-0.2, -0.15) is 0 Å². The third-order valence-electron chi connectivity index (χ3n) is 2.38. The number of carbonyl (C=O) groups is 1. The van der Waals surface area contributed by atoms with Crippen molar-refractivity contribution >= 4 is 6.29 Å². The summed E-state index contributed by atoms with van der Waals surface area (Å²) in [5, 5.41) is 0. The second kappa shape index (κ2) is 4.22. The van der Waals surface area contributed by atoms with E-state index in [2.05, 4.69) is 32.9 Å². The van der Waals surface area contributed by atoms with Gasteiger partial charge in [0.2, 0.25) is 0 Å². The van der Waals surface area contributed by atoms with Gasteiger partial charge in [0.1, 0.15) is 0 Å². The first kappa shape index (κ1) is 9.97. The lowest BCUT2D eigenvalue weighted by molar-refractivity contribution is 0.112. The minimum Gasteiger partial charge on any atom is -0.298 e. The Labute approximate surface area is 79.8 Å². The largest absolute Gasteiger partial charge is 0.298 e. The Bertz CT molecular complexity index is 288. The average molecular weight is 176 g/mol. The summed E-state index contributed by atoms with van der Waals surface area (Å²) in [7, 11) is 0. The predicted octanol–water partition coefficient (Wildman–Crippen LogP) is 2.93. The minimum atomic E-state index is 0.899. The number of benzene rings is 1. The van der Waals surface area contributed by atoms with Gasteiger partial charge < -0.3 is 0 Å². The Morgan fingerprint density at radius 1 is 1.15 bits per heavy atom. The predicted molar refractivity (Wildman–Crippen MR) is 55.3 cm³/mol. The molecule has 70 valence electrons. The molecule has 0 bridgehead atoms. The van der Waals surface area contributed by atoms with E-state index in [1.807, 2.05) is 0 Å². The van der Waals surface area contributed by atoms with E-state index < -0.39 is 0 Å². The van der Waals surface area contributed by atoms with E-state index in [-0.39, 0.29) is 0 Å². The molecule has 0 aliphatic rings. The second-order valence-corrected chi connectivity index (χ2v) is 3.32. The van der Waals surface area contributed by atoms with Crippen LogP contribution in [0.15, 0.2) is 12.1 Å². The first-order chi connectivity index (χ1) is 6.22. The second-order valence-electron chi connectivity index (χ2n) is 3.32. The molecule has 0 saturated heterocycles. The molecule has 1 aromatic carbocycles. The van der Waals surface area contributed by atoms with Crippen molar-refractivity contribution in [3.63, 3.8) is 0 Å². The molecule has 0 spiro atoms. The zero-order valence-electron chi connectivity index (χ0n) is 8.55. The van der Waals surface area contributed by atoms with Crippen LogP contribution in [0.25, 0.3) is 0 Å². The third kappa shape index (κ3) is 1.97. The van der Waals surface area contributed by atoms with Gasteiger partial charge in [-0.15, -0.1) is 0 Å². The molecule has 1 rings (SSSR count). The molecular weight excluding hydrogens is 160 g/mol. The average Bonchev–Trinajstić information content (AvgIpc) is 2.16. The van der Waals surface area contributed by atoms with Gasteiger partial charge in [0, 0.05) is 5.56 Å². The van der Waals surface area contributed by atoms with E-state index in [1.165, 1.54) is 16.7 Å². The Morgan fingerprint density at radius 3 is 1.92 bits per heavy atom. The molecule has 0 saturated carbocycles. The molecule has 0 aliphatic heterocycles. The summed E-state index contributed by atoms with van der Waals surface area (Å²) in [6.07, 6.45) is 2.85. The maximum atomic E-state index is 10.9. The zero-order valence-corrected chi connectivity index (χ0v) is 8.55. The fourth-order valence-electron chi connectivity index (χ4n) is 1.69. The summed E-state index contributed by atoms with van der Waals surface area (Å²) in [6.45, 7) is 6.25. The van der Waals surface area contributed by atoms with Gasteiger partial charge in [0.25, 0.3) is 0 Å². The molecule has 0 N–H and O–H groups in total. The van der Waals surface area contributed by atoms with Gasteiger partial charge in [-0.05, 0) is 30.9 Å². The van der Waals surface area contributed by atoms with Crippen molar-refractivity contribution in [2.24, 2.45) is 0 Å². The number of aldehydes is 1. The van der Waals surface area contributed by atoms with E-state index in [0.717, 1.165) is 24.7 Å². The van der Waals surface area contributed by atoms with Crippen molar-refractivity contribution in [2.45, 2.75) is 33.6 Å². The van der Waals surface area contributed by atoms with Gasteiger partial charge in [0.15, 0.2) is 6.29 Å². The Kier molecular flexibility index (Phi) is 3.24. The molecule has 0 heterocycles. The zero-order chi connectivity index (χ0) is 9.84. The Morgan fingerprint density at radius 2 is 1.62 bits per heavy atom. The van der Waals surface area contributed by atoms with Crippen LogP contribution in [0.4, 0.5) is 0 Å². The van der Waals surface area contributed by atoms with Crippen molar-refractivity contribution in [1.82, 2.24) is 0 Å². The molecular formula is C12H16O. The van der Waals surface area contributed by atoms with Crippen LogP contribution in [0, 0.1) is 6.92 Å². The quantitative estimate of drug-likeness (QED) is 0.647. The topological polar surface area (TPSA) is 17.1 Å². The van der Waals surface area contributed by atoms with Crippen LogP contribution in [0.1, 0.15) is 40.9 Å². The number of aryl methyl sites for hydroxylation is 3. The van der Waals surface area contributed by atoms with Crippen LogP contribution in [0.3, 0.4) is 0 Å². The van der Waals surface area contributed by atoms with Crippen LogP contribution in [-0.4, -0.2) is 6.29 Å². The summed E-state index contributed by atoms with van der Waals surface area (Å²) in [6, 6.07) is 4.20. The van der Waals surface area contributed by atoms with Crippen molar-refractivity contribution in [2.75, 3.05) is 0 Å². The molecule has 0 amide bonds. The van der Waals surface area contributed by atoms with Crippen LogP contribution in [-0.2, 0) is 12.8 Å².